The highest BCUT2D eigenvalue weighted by Gasteiger charge is 2.15. The van der Waals surface area contributed by atoms with E-state index in [0.717, 1.165) is 36.5 Å². The first-order valence-electron chi connectivity index (χ1n) is 6.17. The lowest BCUT2D eigenvalue weighted by molar-refractivity contribution is -0.118. The van der Waals surface area contributed by atoms with Gasteiger partial charge >= 0.3 is 0 Å². The minimum Gasteiger partial charge on any atom is -0.482 e. The highest BCUT2D eigenvalue weighted by Crippen LogP contribution is 2.28. The summed E-state index contributed by atoms with van der Waals surface area (Å²) in [6.45, 7) is 3.74. The van der Waals surface area contributed by atoms with Gasteiger partial charge in [-0.15, -0.1) is 0 Å². The summed E-state index contributed by atoms with van der Waals surface area (Å²) >= 11 is 0. The van der Waals surface area contributed by atoms with Crippen molar-refractivity contribution in [2.75, 3.05) is 18.5 Å². The number of carbonyl (C=O) groups is 1. The quantitative estimate of drug-likeness (QED) is 0.676. The van der Waals surface area contributed by atoms with E-state index in [2.05, 4.69) is 10.6 Å². The molecule has 1 heterocycles. The van der Waals surface area contributed by atoms with E-state index in [9.17, 15) is 4.79 Å². The van der Waals surface area contributed by atoms with Crippen LogP contribution >= 0.6 is 0 Å². The topological polar surface area (TPSA) is 76.4 Å². The van der Waals surface area contributed by atoms with Gasteiger partial charge in [0, 0.05) is 12.6 Å². The zero-order valence-electron chi connectivity index (χ0n) is 10.5. The first-order chi connectivity index (χ1) is 8.65. The van der Waals surface area contributed by atoms with E-state index < -0.39 is 0 Å². The van der Waals surface area contributed by atoms with Crippen molar-refractivity contribution in [2.45, 2.75) is 25.9 Å². The van der Waals surface area contributed by atoms with Crippen LogP contribution in [-0.4, -0.2) is 25.1 Å². The Morgan fingerprint density at radius 2 is 2.39 bits per heavy atom. The number of amides is 1. The monoisotopic (exact) mass is 249 g/mol. The molecule has 2 rings (SSSR count). The number of rotatable bonds is 5. The van der Waals surface area contributed by atoms with Crippen LogP contribution in [0.1, 0.15) is 18.9 Å². The van der Waals surface area contributed by atoms with Gasteiger partial charge in [0.15, 0.2) is 6.61 Å². The molecule has 0 bridgehead atoms. The maximum absolute atomic E-state index is 11.2. The molecule has 0 saturated carbocycles. The van der Waals surface area contributed by atoms with E-state index in [1.165, 1.54) is 0 Å². The number of carbonyl (C=O) groups excluding carboxylic acids is 1. The van der Waals surface area contributed by atoms with E-state index in [1.54, 1.807) is 0 Å². The molecule has 98 valence electrons. The van der Waals surface area contributed by atoms with Crippen molar-refractivity contribution in [2.24, 2.45) is 5.73 Å². The molecule has 1 amide bonds. The van der Waals surface area contributed by atoms with Crippen molar-refractivity contribution in [3.05, 3.63) is 23.8 Å². The first-order valence-corrected chi connectivity index (χ1v) is 6.17. The molecule has 1 aromatic carbocycles. The third-order valence-electron chi connectivity index (χ3n) is 2.78. The van der Waals surface area contributed by atoms with Crippen LogP contribution in [0, 0.1) is 0 Å². The Morgan fingerprint density at radius 1 is 1.56 bits per heavy atom. The fourth-order valence-corrected chi connectivity index (χ4v) is 1.80. The van der Waals surface area contributed by atoms with Gasteiger partial charge in [0.1, 0.15) is 5.75 Å². The Kier molecular flexibility index (Phi) is 4.17. The molecule has 5 heteroatoms. The lowest BCUT2D eigenvalue weighted by Gasteiger charge is -2.18. The predicted octanol–water partition coefficient (Wildman–Crippen LogP) is 0.844. The Bertz CT molecular complexity index is 432. The number of fused-ring (bicyclic) bond motifs is 1. The largest absolute Gasteiger partial charge is 0.482 e. The molecule has 1 atom stereocenters. The number of hydrogen-bond acceptors (Lipinski definition) is 4. The highest BCUT2D eigenvalue weighted by molar-refractivity contribution is 5.95. The SMILES string of the molecule is CC(N)CCNCc1ccc2c(c1)NC(=O)CO2. The number of anilines is 1. The molecule has 1 aliphatic heterocycles. The third kappa shape index (κ3) is 3.45. The standard InChI is InChI=1S/C13H19N3O2/c1-9(14)4-5-15-7-10-2-3-12-11(6-10)16-13(17)8-18-12/h2-3,6,9,15H,4-5,7-8,14H2,1H3,(H,16,17). The average Bonchev–Trinajstić information content (AvgIpc) is 2.34. The summed E-state index contributed by atoms with van der Waals surface area (Å²) in [4.78, 5) is 11.2. The van der Waals surface area contributed by atoms with E-state index in [4.69, 9.17) is 10.5 Å². The summed E-state index contributed by atoms with van der Waals surface area (Å²) in [6.07, 6.45) is 0.949. The molecule has 1 aromatic rings. The summed E-state index contributed by atoms with van der Waals surface area (Å²) in [5.74, 6) is 0.624. The summed E-state index contributed by atoms with van der Waals surface area (Å²) in [7, 11) is 0. The highest BCUT2D eigenvalue weighted by atomic mass is 16.5. The lowest BCUT2D eigenvalue weighted by Crippen LogP contribution is -2.26. The third-order valence-corrected chi connectivity index (χ3v) is 2.78. The van der Waals surface area contributed by atoms with Gasteiger partial charge in [-0.05, 0) is 37.6 Å². The van der Waals surface area contributed by atoms with Gasteiger partial charge in [0.25, 0.3) is 5.91 Å². The van der Waals surface area contributed by atoms with Gasteiger partial charge in [-0.25, -0.2) is 0 Å². The molecular weight excluding hydrogens is 230 g/mol. The zero-order chi connectivity index (χ0) is 13.0. The van der Waals surface area contributed by atoms with Crippen molar-refractivity contribution in [1.29, 1.82) is 0 Å². The molecule has 1 unspecified atom stereocenters. The maximum Gasteiger partial charge on any atom is 0.262 e. The van der Waals surface area contributed by atoms with E-state index >= 15 is 0 Å². The molecule has 0 fully saturated rings. The van der Waals surface area contributed by atoms with Gasteiger partial charge in [-0.3, -0.25) is 4.79 Å². The molecule has 5 nitrogen and oxygen atoms in total. The number of hydrogen-bond donors (Lipinski definition) is 3. The Balaban J connectivity index is 1.90. The molecule has 0 saturated heterocycles. The molecule has 0 spiro atoms. The van der Waals surface area contributed by atoms with Crippen LogP contribution in [0.5, 0.6) is 5.75 Å². The second-order valence-corrected chi connectivity index (χ2v) is 4.61. The van der Waals surface area contributed by atoms with E-state index in [1.807, 2.05) is 25.1 Å². The number of ether oxygens (including phenoxy) is 1. The number of nitrogens with two attached hydrogens (primary N) is 1. The van der Waals surface area contributed by atoms with Crippen LogP contribution in [0.15, 0.2) is 18.2 Å². The molecule has 0 radical (unpaired) electrons. The second-order valence-electron chi connectivity index (χ2n) is 4.61. The minimum atomic E-state index is -0.107. The summed E-state index contributed by atoms with van der Waals surface area (Å²) in [5, 5.41) is 6.11. The van der Waals surface area contributed by atoms with Gasteiger partial charge in [0.05, 0.1) is 5.69 Å². The van der Waals surface area contributed by atoms with Gasteiger partial charge in [-0.2, -0.15) is 0 Å². The van der Waals surface area contributed by atoms with Crippen LogP contribution in [0.4, 0.5) is 5.69 Å². The molecule has 0 aromatic heterocycles. The lowest BCUT2D eigenvalue weighted by atomic mass is 10.1. The minimum absolute atomic E-state index is 0.0962. The average molecular weight is 249 g/mol. The molecule has 0 aliphatic carbocycles. The smallest absolute Gasteiger partial charge is 0.262 e. The van der Waals surface area contributed by atoms with Crippen molar-refractivity contribution in [1.82, 2.24) is 5.32 Å². The predicted molar refractivity (Wildman–Crippen MR) is 70.5 cm³/mol. The maximum atomic E-state index is 11.2. The molecular formula is C13H19N3O2. The van der Waals surface area contributed by atoms with Gasteiger partial charge < -0.3 is 21.1 Å². The Labute approximate surface area is 107 Å². The Morgan fingerprint density at radius 3 is 3.17 bits per heavy atom. The zero-order valence-corrected chi connectivity index (χ0v) is 10.5. The van der Waals surface area contributed by atoms with Crippen LogP contribution in [0.2, 0.25) is 0 Å². The molecule has 18 heavy (non-hydrogen) atoms. The Hall–Kier alpha value is -1.59. The van der Waals surface area contributed by atoms with E-state index in [-0.39, 0.29) is 18.6 Å². The van der Waals surface area contributed by atoms with Crippen molar-refractivity contribution >= 4 is 11.6 Å². The van der Waals surface area contributed by atoms with Crippen LogP contribution in [0.25, 0.3) is 0 Å². The van der Waals surface area contributed by atoms with Gasteiger partial charge in [-0.1, -0.05) is 6.07 Å². The summed E-state index contributed by atoms with van der Waals surface area (Å²) in [6, 6.07) is 6.03. The molecule has 4 N–H and O–H groups in total. The van der Waals surface area contributed by atoms with Gasteiger partial charge in [0.2, 0.25) is 0 Å². The van der Waals surface area contributed by atoms with Crippen molar-refractivity contribution in [3.63, 3.8) is 0 Å². The first kappa shape index (κ1) is 12.9. The number of benzene rings is 1. The van der Waals surface area contributed by atoms with Crippen LogP contribution in [0.3, 0.4) is 0 Å². The van der Waals surface area contributed by atoms with E-state index in [0.29, 0.717) is 0 Å². The second kappa shape index (κ2) is 5.84. The number of nitrogens with one attached hydrogen (secondary N) is 2. The normalized spacial score (nSPS) is 15.6. The molecule has 1 aliphatic rings. The van der Waals surface area contributed by atoms with Crippen LogP contribution < -0.4 is 21.1 Å². The fourth-order valence-electron chi connectivity index (χ4n) is 1.80. The van der Waals surface area contributed by atoms with Crippen LogP contribution in [-0.2, 0) is 11.3 Å². The fraction of sp³-hybridized carbons (Fsp3) is 0.462. The van der Waals surface area contributed by atoms with Crippen molar-refractivity contribution < 1.29 is 9.53 Å². The summed E-state index contributed by atoms with van der Waals surface area (Å²) < 4.78 is 5.30. The summed E-state index contributed by atoms with van der Waals surface area (Å²) in [5.41, 5.74) is 7.54. The van der Waals surface area contributed by atoms with Crippen molar-refractivity contribution in [3.8, 4) is 5.75 Å².